The largest absolute Gasteiger partial charge is 0.469 e. The zero-order valence-electron chi connectivity index (χ0n) is 17.1. The maximum atomic E-state index is 5.86. The molecule has 0 saturated heterocycles. The molecule has 0 aliphatic heterocycles. The number of thioether (sulfide) groups is 1. The second kappa shape index (κ2) is 9.13. The van der Waals surface area contributed by atoms with Gasteiger partial charge in [0.2, 0.25) is 11.8 Å². The van der Waals surface area contributed by atoms with Crippen LogP contribution in [0.5, 0.6) is 0 Å². The number of nitrogens with zero attached hydrogens (tertiary/aromatic N) is 5. The van der Waals surface area contributed by atoms with Gasteiger partial charge >= 0.3 is 0 Å². The van der Waals surface area contributed by atoms with Crippen molar-refractivity contribution in [3.63, 3.8) is 0 Å². The van der Waals surface area contributed by atoms with E-state index in [4.69, 9.17) is 8.83 Å². The van der Waals surface area contributed by atoms with Crippen molar-refractivity contribution < 1.29 is 8.83 Å². The van der Waals surface area contributed by atoms with E-state index in [9.17, 15) is 0 Å². The van der Waals surface area contributed by atoms with Crippen molar-refractivity contribution in [1.82, 2.24) is 25.0 Å². The van der Waals surface area contributed by atoms with Crippen molar-refractivity contribution in [1.29, 1.82) is 0 Å². The van der Waals surface area contributed by atoms with E-state index in [0.29, 0.717) is 24.1 Å². The molecule has 2 aromatic carbocycles. The lowest BCUT2D eigenvalue weighted by Crippen LogP contribution is -2.04. The summed E-state index contributed by atoms with van der Waals surface area (Å²) < 4.78 is 14.4. The fraction of sp³-hybridized carbons (Fsp3) is 0.130. The summed E-state index contributed by atoms with van der Waals surface area (Å²) in [4.78, 5) is 0. The molecule has 0 bridgehead atoms. The van der Waals surface area contributed by atoms with Crippen LogP contribution in [0.4, 0.5) is 0 Å². The summed E-state index contributed by atoms with van der Waals surface area (Å²) in [5.74, 6) is 3.08. The zero-order chi connectivity index (χ0) is 21.9. The van der Waals surface area contributed by atoms with E-state index in [2.05, 4.69) is 53.0 Å². The average Bonchev–Trinajstić information content (AvgIpc) is 3.54. The SMILES string of the molecule is Cc1occc1-c1nnc(SCc2nnc(-c3ccc(Br)cc3)o2)n1Cc1ccccc1. The highest BCUT2D eigenvalue weighted by Gasteiger charge is 2.19. The van der Waals surface area contributed by atoms with Gasteiger partial charge in [-0.25, -0.2) is 0 Å². The van der Waals surface area contributed by atoms with Crippen molar-refractivity contribution in [2.24, 2.45) is 0 Å². The zero-order valence-corrected chi connectivity index (χ0v) is 19.5. The highest BCUT2D eigenvalue weighted by atomic mass is 79.9. The predicted octanol–water partition coefficient (Wildman–Crippen LogP) is 6.00. The van der Waals surface area contributed by atoms with Crippen LogP contribution in [0.2, 0.25) is 0 Å². The molecule has 0 saturated carbocycles. The Labute approximate surface area is 197 Å². The molecule has 0 spiro atoms. The van der Waals surface area contributed by atoms with Crippen LogP contribution >= 0.6 is 27.7 Å². The summed E-state index contributed by atoms with van der Waals surface area (Å²) in [6.45, 7) is 2.57. The van der Waals surface area contributed by atoms with Crippen LogP contribution in [0.3, 0.4) is 0 Å². The van der Waals surface area contributed by atoms with E-state index >= 15 is 0 Å². The Morgan fingerprint density at radius 2 is 1.75 bits per heavy atom. The van der Waals surface area contributed by atoms with Gasteiger partial charge in [0, 0.05) is 10.0 Å². The van der Waals surface area contributed by atoms with Crippen LogP contribution in [-0.4, -0.2) is 25.0 Å². The highest BCUT2D eigenvalue weighted by Crippen LogP contribution is 2.30. The van der Waals surface area contributed by atoms with Gasteiger partial charge in [0.1, 0.15) is 5.76 Å². The normalized spacial score (nSPS) is 11.2. The first-order valence-electron chi connectivity index (χ1n) is 9.90. The molecule has 7 nitrogen and oxygen atoms in total. The van der Waals surface area contributed by atoms with Gasteiger partial charge in [0.05, 0.1) is 24.1 Å². The summed E-state index contributed by atoms with van der Waals surface area (Å²) in [5, 5.41) is 18.0. The number of hydrogen-bond donors (Lipinski definition) is 0. The van der Waals surface area contributed by atoms with Gasteiger partial charge in [-0.2, -0.15) is 0 Å². The van der Waals surface area contributed by atoms with Crippen LogP contribution < -0.4 is 0 Å². The lowest BCUT2D eigenvalue weighted by molar-refractivity contribution is 0.528. The molecule has 0 atom stereocenters. The fourth-order valence-corrected chi connectivity index (χ4v) is 4.31. The molecular weight excluding hydrogens is 490 g/mol. The van der Waals surface area contributed by atoms with Crippen LogP contribution in [-0.2, 0) is 12.3 Å². The van der Waals surface area contributed by atoms with Gasteiger partial charge in [-0.15, -0.1) is 20.4 Å². The standard InChI is InChI=1S/C23H18BrN5O2S/c1-15-19(11-12-30-15)21-26-28-23(29(21)13-16-5-3-2-4-6-16)32-14-20-25-27-22(31-20)17-7-9-18(24)10-8-17/h2-12H,13-14H2,1H3. The van der Waals surface area contributed by atoms with Crippen molar-refractivity contribution >= 4 is 27.7 Å². The molecule has 0 radical (unpaired) electrons. The number of rotatable bonds is 7. The Kier molecular flexibility index (Phi) is 5.91. The number of aromatic nitrogens is 5. The van der Waals surface area contributed by atoms with Gasteiger partial charge in [-0.3, -0.25) is 4.57 Å². The quantitative estimate of drug-likeness (QED) is 0.250. The molecule has 5 aromatic rings. The van der Waals surface area contributed by atoms with Crippen molar-refractivity contribution in [3.8, 4) is 22.8 Å². The van der Waals surface area contributed by atoms with Gasteiger partial charge in [0.25, 0.3) is 0 Å². The molecule has 0 amide bonds. The number of benzene rings is 2. The molecule has 160 valence electrons. The van der Waals surface area contributed by atoms with Gasteiger partial charge in [-0.1, -0.05) is 58.0 Å². The Bertz CT molecular complexity index is 1330. The van der Waals surface area contributed by atoms with Crippen molar-refractivity contribution in [2.45, 2.75) is 24.4 Å². The molecule has 0 aliphatic rings. The monoisotopic (exact) mass is 507 g/mol. The smallest absolute Gasteiger partial charge is 0.247 e. The maximum Gasteiger partial charge on any atom is 0.247 e. The van der Waals surface area contributed by atoms with Crippen LogP contribution in [0.15, 0.2) is 85.4 Å². The minimum atomic E-state index is 0.487. The third kappa shape index (κ3) is 4.39. The maximum absolute atomic E-state index is 5.86. The third-order valence-electron chi connectivity index (χ3n) is 4.88. The first-order valence-corrected chi connectivity index (χ1v) is 11.7. The minimum Gasteiger partial charge on any atom is -0.469 e. The van der Waals surface area contributed by atoms with Gasteiger partial charge in [-0.05, 0) is 42.8 Å². The molecule has 3 aromatic heterocycles. The molecule has 0 fully saturated rings. The van der Waals surface area contributed by atoms with Crippen LogP contribution in [0.1, 0.15) is 17.2 Å². The van der Waals surface area contributed by atoms with Crippen LogP contribution in [0.25, 0.3) is 22.8 Å². The molecule has 32 heavy (non-hydrogen) atoms. The summed E-state index contributed by atoms with van der Waals surface area (Å²) in [6.07, 6.45) is 1.67. The Balaban J connectivity index is 1.39. The molecule has 5 rings (SSSR count). The fourth-order valence-electron chi connectivity index (χ4n) is 3.27. The van der Waals surface area contributed by atoms with E-state index in [0.717, 1.165) is 37.9 Å². The molecule has 0 unspecified atom stereocenters. The van der Waals surface area contributed by atoms with Gasteiger partial charge < -0.3 is 8.83 Å². The lowest BCUT2D eigenvalue weighted by Gasteiger charge is -2.09. The number of halogens is 1. The molecular formula is C23H18BrN5O2S. The van der Waals surface area contributed by atoms with E-state index in [1.807, 2.05) is 55.5 Å². The molecule has 0 aliphatic carbocycles. The number of aryl methyl sites for hydroxylation is 1. The molecule has 3 heterocycles. The second-order valence-electron chi connectivity index (χ2n) is 7.06. The van der Waals surface area contributed by atoms with Crippen molar-refractivity contribution in [2.75, 3.05) is 0 Å². The van der Waals surface area contributed by atoms with E-state index in [1.54, 1.807) is 6.26 Å². The Hall–Kier alpha value is -3.17. The first-order chi connectivity index (χ1) is 15.7. The number of hydrogen-bond acceptors (Lipinski definition) is 7. The Morgan fingerprint density at radius 3 is 2.50 bits per heavy atom. The molecule has 0 N–H and O–H groups in total. The van der Waals surface area contributed by atoms with Crippen LogP contribution in [0, 0.1) is 6.92 Å². The topological polar surface area (TPSA) is 82.8 Å². The van der Waals surface area contributed by atoms with Crippen molar-refractivity contribution in [3.05, 3.63) is 88.6 Å². The van der Waals surface area contributed by atoms with Gasteiger partial charge in [0.15, 0.2) is 11.0 Å². The average molecular weight is 508 g/mol. The lowest BCUT2D eigenvalue weighted by atomic mass is 10.2. The third-order valence-corrected chi connectivity index (χ3v) is 6.36. The summed E-state index contributed by atoms with van der Waals surface area (Å²) in [6, 6.07) is 19.9. The van der Waals surface area contributed by atoms with E-state index < -0.39 is 0 Å². The van der Waals surface area contributed by atoms with E-state index in [1.165, 1.54) is 11.8 Å². The first kappa shape index (κ1) is 20.7. The van der Waals surface area contributed by atoms with E-state index in [-0.39, 0.29) is 0 Å². The summed E-state index contributed by atoms with van der Waals surface area (Å²) in [5.41, 5.74) is 2.96. The number of furan rings is 1. The molecule has 9 heteroatoms. The highest BCUT2D eigenvalue weighted by molar-refractivity contribution is 9.10. The Morgan fingerprint density at radius 1 is 0.938 bits per heavy atom. The summed E-state index contributed by atoms with van der Waals surface area (Å²) in [7, 11) is 0. The summed E-state index contributed by atoms with van der Waals surface area (Å²) >= 11 is 4.94. The minimum absolute atomic E-state index is 0.487. The second-order valence-corrected chi connectivity index (χ2v) is 8.92. The predicted molar refractivity (Wildman–Crippen MR) is 125 cm³/mol.